The normalized spacial score (nSPS) is 23.9. The molecule has 6 heteroatoms. The minimum absolute atomic E-state index is 0.290. The van der Waals surface area contributed by atoms with Gasteiger partial charge < -0.3 is 14.8 Å². The second-order valence-corrected chi connectivity index (χ2v) is 8.92. The van der Waals surface area contributed by atoms with Crippen LogP contribution in [-0.2, 0) is 0 Å². The molecule has 3 aromatic rings. The van der Waals surface area contributed by atoms with Crippen molar-refractivity contribution < 1.29 is 0 Å². The van der Waals surface area contributed by atoms with Crippen LogP contribution in [-0.4, -0.2) is 65.0 Å². The van der Waals surface area contributed by atoms with Gasteiger partial charge in [0, 0.05) is 32.4 Å². The van der Waals surface area contributed by atoms with Gasteiger partial charge in [0.15, 0.2) is 0 Å². The van der Waals surface area contributed by atoms with E-state index in [2.05, 4.69) is 65.0 Å². The average molecular weight is 405 g/mol. The van der Waals surface area contributed by atoms with Gasteiger partial charge in [-0.3, -0.25) is 9.88 Å². The van der Waals surface area contributed by atoms with Gasteiger partial charge in [-0.2, -0.15) is 0 Å². The molecular formula is C24H32N6. The second-order valence-electron chi connectivity index (χ2n) is 8.92. The maximum atomic E-state index is 5.16. The monoisotopic (exact) mass is 404 g/mol. The number of aromatic nitrogens is 3. The predicted molar refractivity (Wildman–Crippen MR) is 122 cm³/mol. The molecule has 0 radical (unpaired) electrons. The highest BCUT2D eigenvalue weighted by atomic mass is 15.3. The zero-order chi connectivity index (χ0) is 20.7. The van der Waals surface area contributed by atoms with Crippen LogP contribution in [0.2, 0.25) is 0 Å². The van der Waals surface area contributed by atoms with E-state index in [0.29, 0.717) is 6.04 Å². The number of nitrogens with zero attached hydrogens (tertiary/aromatic N) is 5. The van der Waals surface area contributed by atoms with Crippen molar-refractivity contribution in [3.8, 4) is 0 Å². The third-order valence-corrected chi connectivity index (χ3v) is 6.97. The zero-order valence-corrected chi connectivity index (χ0v) is 18.3. The molecule has 0 bridgehead atoms. The number of fused-ring (bicyclic) bond motifs is 1. The largest absolute Gasteiger partial charge is 0.367 e. The molecule has 1 N–H and O–H groups in total. The quantitative estimate of drug-likeness (QED) is 0.717. The zero-order valence-electron chi connectivity index (χ0n) is 18.3. The molecule has 1 aromatic carbocycles. The van der Waals surface area contributed by atoms with Crippen molar-refractivity contribution in [3.63, 3.8) is 0 Å². The van der Waals surface area contributed by atoms with E-state index < -0.39 is 0 Å². The summed E-state index contributed by atoms with van der Waals surface area (Å²) in [6.07, 6.45) is 5.39. The van der Waals surface area contributed by atoms with Crippen LogP contribution in [0.4, 0.5) is 5.69 Å². The Morgan fingerprint density at radius 2 is 1.77 bits per heavy atom. The average Bonchev–Trinajstić information content (AvgIpc) is 3.19. The van der Waals surface area contributed by atoms with E-state index in [0.717, 1.165) is 55.9 Å². The van der Waals surface area contributed by atoms with Gasteiger partial charge in [0.25, 0.3) is 0 Å². The van der Waals surface area contributed by atoms with Gasteiger partial charge in [-0.25, -0.2) is 4.98 Å². The van der Waals surface area contributed by atoms with E-state index in [-0.39, 0.29) is 6.04 Å². The number of pyridine rings is 1. The number of H-pyrrole nitrogens is 1. The number of aryl methyl sites for hydroxylation is 1. The van der Waals surface area contributed by atoms with Crippen molar-refractivity contribution >= 4 is 16.7 Å². The number of nitrogens with one attached hydrogen (secondary N) is 1. The van der Waals surface area contributed by atoms with E-state index in [1.807, 2.05) is 12.3 Å². The van der Waals surface area contributed by atoms with Crippen molar-refractivity contribution in [1.82, 2.24) is 24.8 Å². The van der Waals surface area contributed by atoms with E-state index in [4.69, 9.17) is 9.97 Å². The molecule has 2 unspecified atom stereocenters. The van der Waals surface area contributed by atoms with E-state index >= 15 is 0 Å². The molecule has 2 aliphatic rings. The first-order chi connectivity index (χ1) is 14.6. The lowest BCUT2D eigenvalue weighted by Crippen LogP contribution is -2.44. The molecular weight excluding hydrogens is 372 g/mol. The van der Waals surface area contributed by atoms with Crippen LogP contribution in [0.15, 0.2) is 36.5 Å². The number of likely N-dealkylation sites (tertiary alicyclic amines) is 1. The number of hydrogen-bond acceptors (Lipinski definition) is 5. The van der Waals surface area contributed by atoms with Crippen molar-refractivity contribution in [2.75, 3.05) is 45.2 Å². The Hall–Kier alpha value is -2.44. The van der Waals surface area contributed by atoms with Crippen LogP contribution in [0.5, 0.6) is 0 Å². The van der Waals surface area contributed by atoms with Gasteiger partial charge in [-0.05, 0) is 64.0 Å². The molecule has 2 atom stereocenters. The fourth-order valence-corrected chi connectivity index (χ4v) is 5.13. The van der Waals surface area contributed by atoms with Crippen LogP contribution < -0.4 is 4.90 Å². The number of piperidine rings is 1. The molecule has 5 rings (SSSR count). The maximum Gasteiger partial charge on any atom is 0.124 e. The van der Waals surface area contributed by atoms with Gasteiger partial charge in [0.05, 0.1) is 29.0 Å². The number of piperazine rings is 1. The smallest absolute Gasteiger partial charge is 0.124 e. The van der Waals surface area contributed by atoms with Crippen molar-refractivity contribution in [2.45, 2.75) is 38.3 Å². The SMILES string of the molecule is Cc1cccnc1C1CCCC(c2nc3c(N4CCN(C)CC4)cccc3[nH]2)N1C. The van der Waals surface area contributed by atoms with Crippen LogP contribution in [0.3, 0.4) is 0 Å². The third-order valence-electron chi connectivity index (χ3n) is 6.97. The Labute approximate surface area is 178 Å². The lowest BCUT2D eigenvalue weighted by molar-refractivity contribution is 0.107. The van der Waals surface area contributed by atoms with Crippen LogP contribution in [0, 0.1) is 6.92 Å². The highest BCUT2D eigenvalue weighted by molar-refractivity contribution is 5.89. The van der Waals surface area contributed by atoms with Crippen LogP contribution >= 0.6 is 0 Å². The number of imidazole rings is 1. The number of hydrogen-bond donors (Lipinski definition) is 1. The number of rotatable bonds is 3. The Balaban J connectivity index is 1.46. The van der Waals surface area contributed by atoms with Gasteiger partial charge >= 0.3 is 0 Å². The molecule has 2 aliphatic heterocycles. The maximum absolute atomic E-state index is 5.16. The minimum Gasteiger partial charge on any atom is -0.367 e. The number of benzene rings is 1. The summed E-state index contributed by atoms with van der Waals surface area (Å²) in [6, 6.07) is 11.4. The second kappa shape index (κ2) is 8.00. The molecule has 0 spiro atoms. The first kappa shape index (κ1) is 19.5. The van der Waals surface area contributed by atoms with Gasteiger partial charge in [-0.1, -0.05) is 12.1 Å². The molecule has 2 saturated heterocycles. The van der Waals surface area contributed by atoms with Crippen molar-refractivity contribution in [3.05, 3.63) is 53.6 Å². The fourth-order valence-electron chi connectivity index (χ4n) is 5.13. The number of para-hydroxylation sites is 1. The van der Waals surface area contributed by atoms with Crippen molar-refractivity contribution in [2.24, 2.45) is 0 Å². The summed E-state index contributed by atoms with van der Waals surface area (Å²) < 4.78 is 0. The van der Waals surface area contributed by atoms with E-state index in [1.54, 1.807) is 0 Å². The summed E-state index contributed by atoms with van der Waals surface area (Å²) in [5.74, 6) is 1.09. The molecule has 0 aliphatic carbocycles. The lowest BCUT2D eigenvalue weighted by atomic mass is 9.92. The molecule has 2 fully saturated rings. The molecule has 6 nitrogen and oxygen atoms in total. The Kier molecular flexibility index (Phi) is 5.21. The summed E-state index contributed by atoms with van der Waals surface area (Å²) in [6.45, 7) is 6.49. The van der Waals surface area contributed by atoms with Gasteiger partial charge in [0.1, 0.15) is 11.3 Å². The molecule has 4 heterocycles. The Bertz CT molecular complexity index is 1020. The first-order valence-corrected chi connectivity index (χ1v) is 11.2. The summed E-state index contributed by atoms with van der Waals surface area (Å²) in [5.41, 5.74) is 6.00. The van der Waals surface area contributed by atoms with E-state index in [9.17, 15) is 0 Å². The molecule has 0 saturated carbocycles. The first-order valence-electron chi connectivity index (χ1n) is 11.2. The fraction of sp³-hybridized carbons (Fsp3) is 0.500. The summed E-state index contributed by atoms with van der Waals surface area (Å²) in [4.78, 5) is 20.9. The van der Waals surface area contributed by atoms with Crippen LogP contribution in [0.1, 0.15) is 48.4 Å². The summed E-state index contributed by atoms with van der Waals surface area (Å²) >= 11 is 0. The molecule has 30 heavy (non-hydrogen) atoms. The standard InChI is InChI=1S/C24H32N6/c1-17-7-6-12-25-22(17)19-9-5-11-21(29(19)3)24-26-18-8-4-10-20(23(18)27-24)30-15-13-28(2)14-16-30/h4,6-8,10,12,19,21H,5,9,11,13-16H2,1-3H3,(H,26,27). The number of anilines is 1. The summed E-state index contributed by atoms with van der Waals surface area (Å²) in [5, 5.41) is 0. The van der Waals surface area contributed by atoms with Gasteiger partial charge in [-0.15, -0.1) is 0 Å². The predicted octanol–water partition coefficient (Wildman–Crippen LogP) is 3.92. The Morgan fingerprint density at radius 3 is 2.57 bits per heavy atom. The minimum atomic E-state index is 0.290. The lowest BCUT2D eigenvalue weighted by Gasteiger charge is -2.38. The third kappa shape index (κ3) is 3.48. The summed E-state index contributed by atoms with van der Waals surface area (Å²) in [7, 11) is 4.43. The molecule has 2 aromatic heterocycles. The highest BCUT2D eigenvalue weighted by Crippen LogP contribution is 2.40. The van der Waals surface area contributed by atoms with Gasteiger partial charge in [0.2, 0.25) is 0 Å². The number of aromatic amines is 1. The molecule has 0 amide bonds. The molecule has 158 valence electrons. The Morgan fingerprint density at radius 1 is 0.967 bits per heavy atom. The van der Waals surface area contributed by atoms with Crippen molar-refractivity contribution in [1.29, 1.82) is 0 Å². The number of likely N-dealkylation sites (N-methyl/N-ethyl adjacent to an activating group) is 1. The highest BCUT2D eigenvalue weighted by Gasteiger charge is 2.33. The van der Waals surface area contributed by atoms with Crippen LogP contribution in [0.25, 0.3) is 11.0 Å². The van der Waals surface area contributed by atoms with E-state index in [1.165, 1.54) is 23.4 Å². The topological polar surface area (TPSA) is 51.3 Å².